The highest BCUT2D eigenvalue weighted by molar-refractivity contribution is 7.89. The van der Waals surface area contributed by atoms with Crippen LogP contribution in [0.3, 0.4) is 0 Å². The Kier molecular flexibility index (Phi) is 5.48. The molecule has 1 unspecified atom stereocenters. The molecule has 3 rings (SSSR count). The van der Waals surface area contributed by atoms with Crippen LogP contribution >= 0.6 is 0 Å². The van der Waals surface area contributed by atoms with Crippen molar-refractivity contribution in [1.82, 2.24) is 14.6 Å². The predicted molar refractivity (Wildman–Crippen MR) is 91.1 cm³/mol. The molecule has 2 heterocycles. The Bertz CT molecular complexity index is 717. The second-order valence-electron chi connectivity index (χ2n) is 6.65. The molecule has 1 saturated heterocycles. The van der Waals surface area contributed by atoms with Gasteiger partial charge in [-0.25, -0.2) is 9.29 Å². The molecule has 0 spiro atoms. The van der Waals surface area contributed by atoms with Crippen molar-refractivity contribution in [3.8, 4) is 0 Å². The predicted octanol–water partition coefficient (Wildman–Crippen LogP) is 1.11. The summed E-state index contributed by atoms with van der Waals surface area (Å²) in [7, 11) is -4.14. The maximum atomic E-state index is 13.1. The first kappa shape index (κ1) is 18.0. The van der Waals surface area contributed by atoms with Crippen LogP contribution in [0.2, 0.25) is 0 Å². The van der Waals surface area contributed by atoms with Crippen molar-refractivity contribution in [2.75, 3.05) is 6.54 Å². The third-order valence-corrected chi connectivity index (χ3v) is 6.78. The molecule has 1 N–H and O–H groups in total. The summed E-state index contributed by atoms with van der Waals surface area (Å²) in [6.07, 6.45) is 6.68. The van der Waals surface area contributed by atoms with Crippen LogP contribution in [-0.4, -0.2) is 48.5 Å². The molecule has 8 heteroatoms. The van der Waals surface area contributed by atoms with E-state index >= 15 is 0 Å². The van der Waals surface area contributed by atoms with Gasteiger partial charge < -0.3 is 5.32 Å². The SMILES string of the molecule is O=CN([C@H]1CCCNC(C2CCCC2)C1=O)S(=O)(=O)c1ccccn1. The topological polar surface area (TPSA) is 96.4 Å². The van der Waals surface area contributed by atoms with Gasteiger partial charge in [0.1, 0.15) is 6.04 Å². The largest absolute Gasteiger partial charge is 0.307 e. The Hall–Kier alpha value is -1.80. The van der Waals surface area contributed by atoms with Crippen LogP contribution in [0.15, 0.2) is 29.4 Å². The van der Waals surface area contributed by atoms with Crippen molar-refractivity contribution < 1.29 is 18.0 Å². The zero-order valence-electron chi connectivity index (χ0n) is 14.0. The zero-order valence-corrected chi connectivity index (χ0v) is 14.8. The number of nitrogens with one attached hydrogen (secondary N) is 1. The van der Waals surface area contributed by atoms with Crippen molar-refractivity contribution in [3.63, 3.8) is 0 Å². The molecule has 25 heavy (non-hydrogen) atoms. The van der Waals surface area contributed by atoms with Crippen LogP contribution in [0.1, 0.15) is 38.5 Å². The molecule has 0 aromatic carbocycles. The molecular formula is C17H23N3O4S. The van der Waals surface area contributed by atoms with Crippen LogP contribution in [0, 0.1) is 5.92 Å². The molecule has 7 nitrogen and oxygen atoms in total. The molecule has 1 aromatic rings. The number of carbonyl (C=O) groups is 2. The number of Topliss-reactive ketones (excluding diaryl/α,β-unsaturated/α-hetero) is 1. The van der Waals surface area contributed by atoms with Gasteiger partial charge in [0.25, 0.3) is 10.0 Å². The first-order chi connectivity index (χ1) is 12.1. The summed E-state index contributed by atoms with van der Waals surface area (Å²) in [6.45, 7) is 0.653. The van der Waals surface area contributed by atoms with E-state index in [4.69, 9.17) is 0 Å². The van der Waals surface area contributed by atoms with Crippen LogP contribution in [0.5, 0.6) is 0 Å². The number of hydrogen-bond acceptors (Lipinski definition) is 6. The molecular weight excluding hydrogens is 342 g/mol. The van der Waals surface area contributed by atoms with E-state index < -0.39 is 16.1 Å². The van der Waals surface area contributed by atoms with Gasteiger partial charge in [0, 0.05) is 6.20 Å². The number of rotatable bonds is 5. The van der Waals surface area contributed by atoms with E-state index in [1.165, 1.54) is 12.3 Å². The summed E-state index contributed by atoms with van der Waals surface area (Å²) in [4.78, 5) is 28.6. The Balaban J connectivity index is 1.90. The minimum absolute atomic E-state index is 0.198. The van der Waals surface area contributed by atoms with Gasteiger partial charge in [-0.3, -0.25) is 9.59 Å². The van der Waals surface area contributed by atoms with Crippen molar-refractivity contribution in [2.24, 2.45) is 5.92 Å². The monoisotopic (exact) mass is 365 g/mol. The number of hydrogen-bond donors (Lipinski definition) is 1. The van der Waals surface area contributed by atoms with Crippen molar-refractivity contribution in [3.05, 3.63) is 24.4 Å². The lowest BCUT2D eigenvalue weighted by Gasteiger charge is -2.29. The fourth-order valence-electron chi connectivity index (χ4n) is 3.85. The van der Waals surface area contributed by atoms with Gasteiger partial charge >= 0.3 is 0 Å². The summed E-state index contributed by atoms with van der Waals surface area (Å²) in [5, 5.41) is 3.05. The number of pyridine rings is 1. The number of sulfonamides is 1. The molecule has 1 aliphatic carbocycles. The zero-order chi connectivity index (χ0) is 17.9. The average molecular weight is 365 g/mol. The third kappa shape index (κ3) is 3.59. The normalized spacial score (nSPS) is 25.5. The quantitative estimate of drug-likeness (QED) is 0.785. The van der Waals surface area contributed by atoms with E-state index in [0.29, 0.717) is 23.7 Å². The minimum atomic E-state index is -4.14. The highest BCUT2D eigenvalue weighted by Crippen LogP contribution is 2.31. The molecule has 1 amide bonds. The number of carbonyl (C=O) groups excluding carboxylic acids is 2. The van der Waals surface area contributed by atoms with Gasteiger partial charge in [0.2, 0.25) is 6.41 Å². The summed E-state index contributed by atoms with van der Waals surface area (Å²) in [5.74, 6) is 0.0233. The second kappa shape index (κ2) is 7.61. The average Bonchev–Trinajstić information content (AvgIpc) is 3.08. The van der Waals surface area contributed by atoms with Gasteiger partial charge in [-0.1, -0.05) is 18.9 Å². The van der Waals surface area contributed by atoms with E-state index in [1.807, 2.05) is 0 Å². The van der Waals surface area contributed by atoms with Crippen molar-refractivity contribution in [1.29, 1.82) is 0 Å². The lowest BCUT2D eigenvalue weighted by atomic mass is 9.91. The molecule has 2 fully saturated rings. The summed E-state index contributed by atoms with van der Waals surface area (Å²) in [5.41, 5.74) is 0. The van der Waals surface area contributed by atoms with Crippen LogP contribution in [0.25, 0.3) is 0 Å². The van der Waals surface area contributed by atoms with E-state index in [2.05, 4.69) is 10.3 Å². The van der Waals surface area contributed by atoms with Crippen LogP contribution in [-0.2, 0) is 19.6 Å². The standard InChI is InChI=1S/C17H23N3O4S/c21-12-20(25(23,24)15-9-3-4-10-18-15)14-8-5-11-19-16(17(14)22)13-6-1-2-7-13/h3-4,9-10,12-14,16,19H,1-2,5-8,11H2/t14-,16?/m0/s1. The van der Waals surface area contributed by atoms with Gasteiger partial charge in [0.15, 0.2) is 10.8 Å². The number of ketones is 1. The van der Waals surface area contributed by atoms with Gasteiger partial charge in [-0.2, -0.15) is 8.42 Å². The first-order valence-corrected chi connectivity index (χ1v) is 10.2. The Morgan fingerprint density at radius 3 is 2.56 bits per heavy atom. The van der Waals surface area contributed by atoms with Crippen molar-refractivity contribution in [2.45, 2.75) is 55.6 Å². The van der Waals surface area contributed by atoms with Crippen LogP contribution < -0.4 is 5.32 Å². The van der Waals surface area contributed by atoms with Crippen molar-refractivity contribution >= 4 is 22.2 Å². The lowest BCUT2D eigenvalue weighted by molar-refractivity contribution is -0.129. The third-order valence-electron chi connectivity index (χ3n) is 5.12. The summed E-state index contributed by atoms with van der Waals surface area (Å²) in [6, 6.07) is 3.13. The summed E-state index contributed by atoms with van der Waals surface area (Å²) >= 11 is 0. The molecule has 136 valence electrons. The van der Waals surface area contributed by atoms with Gasteiger partial charge in [-0.05, 0) is 50.3 Å². The number of nitrogens with zero attached hydrogens (tertiary/aromatic N) is 2. The molecule has 1 saturated carbocycles. The molecule has 0 radical (unpaired) electrons. The molecule has 2 aliphatic rings. The smallest absolute Gasteiger partial charge is 0.284 e. The first-order valence-electron chi connectivity index (χ1n) is 8.72. The fraction of sp³-hybridized carbons (Fsp3) is 0.588. The van der Waals surface area contributed by atoms with E-state index in [9.17, 15) is 18.0 Å². The Morgan fingerprint density at radius 2 is 1.92 bits per heavy atom. The molecule has 0 bridgehead atoms. The highest BCUT2D eigenvalue weighted by atomic mass is 32.2. The Labute approximate surface area is 147 Å². The maximum Gasteiger partial charge on any atom is 0.284 e. The number of aromatic nitrogens is 1. The van der Waals surface area contributed by atoms with E-state index in [0.717, 1.165) is 25.7 Å². The Morgan fingerprint density at radius 1 is 1.16 bits per heavy atom. The molecule has 2 atom stereocenters. The van der Waals surface area contributed by atoms with Gasteiger partial charge in [-0.15, -0.1) is 0 Å². The highest BCUT2D eigenvalue weighted by Gasteiger charge is 2.42. The second-order valence-corrected chi connectivity index (χ2v) is 8.44. The fourth-order valence-corrected chi connectivity index (χ4v) is 5.17. The van der Waals surface area contributed by atoms with Crippen LogP contribution in [0.4, 0.5) is 0 Å². The van der Waals surface area contributed by atoms with Gasteiger partial charge in [0.05, 0.1) is 6.04 Å². The molecule has 1 aliphatic heterocycles. The molecule has 1 aromatic heterocycles. The number of amides is 1. The van der Waals surface area contributed by atoms with E-state index in [-0.39, 0.29) is 29.2 Å². The minimum Gasteiger partial charge on any atom is -0.307 e. The van der Waals surface area contributed by atoms with E-state index in [1.54, 1.807) is 12.1 Å². The maximum absolute atomic E-state index is 13.1. The summed E-state index contributed by atoms with van der Waals surface area (Å²) < 4.78 is 26.3. The lowest BCUT2D eigenvalue weighted by Crippen LogP contribution is -2.51.